The third kappa shape index (κ3) is 2.11. The predicted molar refractivity (Wildman–Crippen MR) is 73.6 cm³/mol. The van der Waals surface area contributed by atoms with E-state index in [0.717, 1.165) is 5.82 Å². The second-order valence-corrected chi connectivity index (χ2v) is 5.37. The molecule has 0 saturated carbocycles. The molecule has 0 fully saturated rings. The number of halogens is 2. The van der Waals surface area contributed by atoms with Crippen LogP contribution in [0.3, 0.4) is 0 Å². The molecule has 0 unspecified atom stereocenters. The number of rotatable bonds is 1. The Kier molecular flexibility index (Phi) is 3.29. The van der Waals surface area contributed by atoms with Crippen LogP contribution in [0.5, 0.6) is 0 Å². The molecule has 0 bridgehead atoms. The van der Waals surface area contributed by atoms with Crippen molar-refractivity contribution in [3.63, 3.8) is 0 Å². The summed E-state index contributed by atoms with van der Waals surface area (Å²) in [6.45, 7) is 3.12. The smallest absolute Gasteiger partial charge is 0.254 e. The van der Waals surface area contributed by atoms with Crippen LogP contribution in [-0.2, 0) is 6.54 Å². The van der Waals surface area contributed by atoms with Crippen LogP contribution in [0.2, 0.25) is 0 Å². The first kappa shape index (κ1) is 13.2. The Hall–Kier alpha value is -1.76. The lowest BCUT2D eigenvalue weighted by atomic mass is 10.1. The molecule has 2 heterocycles. The van der Waals surface area contributed by atoms with Gasteiger partial charge in [-0.25, -0.2) is 4.39 Å². The van der Waals surface area contributed by atoms with Crippen molar-refractivity contribution in [2.45, 2.75) is 19.5 Å². The van der Waals surface area contributed by atoms with E-state index in [9.17, 15) is 9.18 Å². The van der Waals surface area contributed by atoms with Gasteiger partial charge in [0.25, 0.3) is 5.91 Å². The second-order valence-electron chi connectivity index (χ2n) is 4.66. The van der Waals surface area contributed by atoms with E-state index in [0.29, 0.717) is 23.4 Å². The second kappa shape index (κ2) is 4.97. The topological polar surface area (TPSA) is 51.0 Å². The molecule has 1 aromatic carbocycles. The van der Waals surface area contributed by atoms with E-state index in [1.807, 2.05) is 11.5 Å². The molecule has 0 N–H and O–H groups in total. The summed E-state index contributed by atoms with van der Waals surface area (Å²) < 4.78 is 15.5. The van der Waals surface area contributed by atoms with E-state index in [4.69, 9.17) is 0 Å². The fourth-order valence-electron chi connectivity index (χ4n) is 2.39. The lowest BCUT2D eigenvalue weighted by Crippen LogP contribution is -2.41. The Balaban J connectivity index is 1.88. The largest absolute Gasteiger partial charge is 0.327 e. The summed E-state index contributed by atoms with van der Waals surface area (Å²) in [4.78, 5) is 14.2. The highest BCUT2D eigenvalue weighted by molar-refractivity contribution is 9.10. The van der Waals surface area contributed by atoms with Crippen LogP contribution in [0.15, 0.2) is 29.0 Å². The first-order valence-electron chi connectivity index (χ1n) is 6.23. The van der Waals surface area contributed by atoms with Gasteiger partial charge in [0.05, 0.1) is 6.04 Å². The van der Waals surface area contributed by atoms with Crippen LogP contribution >= 0.6 is 15.9 Å². The lowest BCUT2D eigenvalue weighted by molar-refractivity contribution is 0.0636. The standard InChI is InChI=1S/C13H12BrFN4O/c1-8-11-16-17-13(14)19(11)7-6-18(8)12(20)9-2-4-10(15)5-3-9/h2-5,8H,6-7H2,1H3/t8-/m1/s1. The van der Waals surface area contributed by atoms with E-state index in [1.54, 1.807) is 4.90 Å². The molecule has 5 nitrogen and oxygen atoms in total. The molecule has 7 heteroatoms. The van der Waals surface area contributed by atoms with Crippen LogP contribution in [0.4, 0.5) is 4.39 Å². The molecular formula is C13H12BrFN4O. The molecule has 1 atom stereocenters. The van der Waals surface area contributed by atoms with Crippen molar-refractivity contribution in [3.8, 4) is 0 Å². The Morgan fingerprint density at radius 2 is 2.00 bits per heavy atom. The third-order valence-electron chi connectivity index (χ3n) is 3.49. The summed E-state index contributed by atoms with van der Waals surface area (Å²) in [6.07, 6.45) is 0. The molecule has 20 heavy (non-hydrogen) atoms. The van der Waals surface area contributed by atoms with Gasteiger partial charge in [-0.15, -0.1) is 10.2 Å². The van der Waals surface area contributed by atoms with Gasteiger partial charge in [0.1, 0.15) is 5.82 Å². The van der Waals surface area contributed by atoms with Crippen LogP contribution < -0.4 is 0 Å². The monoisotopic (exact) mass is 338 g/mol. The molecule has 0 radical (unpaired) electrons. The third-order valence-corrected chi connectivity index (χ3v) is 4.08. The number of amides is 1. The SMILES string of the molecule is C[C@@H]1c2nnc(Br)n2CCN1C(=O)c1ccc(F)cc1. The zero-order valence-corrected chi connectivity index (χ0v) is 12.3. The summed E-state index contributed by atoms with van der Waals surface area (Å²) in [5.41, 5.74) is 0.477. The van der Waals surface area contributed by atoms with Crippen molar-refractivity contribution in [1.29, 1.82) is 0 Å². The summed E-state index contributed by atoms with van der Waals surface area (Å²) in [5, 5.41) is 8.06. The molecule has 1 amide bonds. The highest BCUT2D eigenvalue weighted by atomic mass is 79.9. The average Bonchev–Trinajstić information content (AvgIpc) is 2.82. The number of nitrogens with zero attached hydrogens (tertiary/aromatic N) is 4. The normalized spacial score (nSPS) is 17.9. The zero-order chi connectivity index (χ0) is 14.3. The average molecular weight is 339 g/mol. The van der Waals surface area contributed by atoms with Gasteiger partial charge in [-0.3, -0.25) is 4.79 Å². The van der Waals surface area contributed by atoms with Crippen molar-refractivity contribution in [2.75, 3.05) is 6.54 Å². The fourth-order valence-corrected chi connectivity index (χ4v) is 2.83. The highest BCUT2D eigenvalue weighted by Gasteiger charge is 2.31. The van der Waals surface area contributed by atoms with E-state index in [-0.39, 0.29) is 17.8 Å². The molecule has 0 spiro atoms. The maximum atomic E-state index is 12.9. The number of hydrogen-bond acceptors (Lipinski definition) is 3. The Labute approximate surface area is 123 Å². The number of fused-ring (bicyclic) bond motifs is 1. The number of hydrogen-bond donors (Lipinski definition) is 0. The van der Waals surface area contributed by atoms with Crippen molar-refractivity contribution < 1.29 is 9.18 Å². The van der Waals surface area contributed by atoms with Crippen LogP contribution in [0.1, 0.15) is 29.1 Å². The molecule has 1 aliphatic heterocycles. The zero-order valence-electron chi connectivity index (χ0n) is 10.8. The highest BCUT2D eigenvalue weighted by Crippen LogP contribution is 2.27. The molecule has 1 aromatic heterocycles. The van der Waals surface area contributed by atoms with E-state index < -0.39 is 0 Å². The van der Waals surface area contributed by atoms with Crippen molar-refractivity contribution >= 4 is 21.8 Å². The molecule has 104 valence electrons. The number of aromatic nitrogens is 3. The quantitative estimate of drug-likeness (QED) is 0.802. The molecule has 3 rings (SSSR count). The minimum absolute atomic E-state index is 0.122. The van der Waals surface area contributed by atoms with Gasteiger partial charge < -0.3 is 9.47 Å². The molecular weight excluding hydrogens is 327 g/mol. The van der Waals surface area contributed by atoms with E-state index in [2.05, 4.69) is 26.1 Å². The summed E-state index contributed by atoms with van der Waals surface area (Å²) in [6, 6.07) is 5.42. The minimum atomic E-state index is -0.350. The van der Waals surface area contributed by atoms with Gasteiger partial charge in [-0.2, -0.15) is 0 Å². The number of carbonyl (C=O) groups is 1. The van der Waals surface area contributed by atoms with Crippen LogP contribution in [-0.4, -0.2) is 32.1 Å². The Morgan fingerprint density at radius 3 is 2.70 bits per heavy atom. The Bertz CT molecular complexity index is 655. The molecule has 2 aromatic rings. The molecule has 0 aliphatic carbocycles. The fraction of sp³-hybridized carbons (Fsp3) is 0.308. The summed E-state index contributed by atoms with van der Waals surface area (Å²) in [7, 11) is 0. The van der Waals surface area contributed by atoms with Gasteiger partial charge in [0, 0.05) is 18.7 Å². The van der Waals surface area contributed by atoms with Gasteiger partial charge in [0.15, 0.2) is 10.6 Å². The van der Waals surface area contributed by atoms with Gasteiger partial charge in [-0.1, -0.05) is 0 Å². The van der Waals surface area contributed by atoms with Crippen molar-refractivity contribution in [1.82, 2.24) is 19.7 Å². The predicted octanol–water partition coefficient (Wildman–Crippen LogP) is 2.40. The first-order valence-corrected chi connectivity index (χ1v) is 7.02. The first-order chi connectivity index (χ1) is 9.58. The van der Waals surface area contributed by atoms with Gasteiger partial charge in [0.2, 0.25) is 0 Å². The Morgan fingerprint density at radius 1 is 1.30 bits per heavy atom. The van der Waals surface area contributed by atoms with Crippen molar-refractivity contribution in [3.05, 3.63) is 46.2 Å². The van der Waals surface area contributed by atoms with Crippen molar-refractivity contribution in [2.24, 2.45) is 0 Å². The van der Waals surface area contributed by atoms with E-state index in [1.165, 1.54) is 24.3 Å². The lowest BCUT2D eigenvalue weighted by Gasteiger charge is -2.33. The molecule has 1 aliphatic rings. The maximum absolute atomic E-state index is 12.9. The minimum Gasteiger partial charge on any atom is -0.327 e. The van der Waals surface area contributed by atoms with E-state index >= 15 is 0 Å². The number of benzene rings is 1. The molecule has 0 saturated heterocycles. The number of carbonyl (C=O) groups excluding carboxylic acids is 1. The van der Waals surface area contributed by atoms with Crippen LogP contribution in [0, 0.1) is 5.82 Å². The maximum Gasteiger partial charge on any atom is 0.254 e. The van der Waals surface area contributed by atoms with Gasteiger partial charge in [-0.05, 0) is 47.1 Å². The summed E-state index contributed by atoms with van der Waals surface area (Å²) in [5.74, 6) is 0.276. The van der Waals surface area contributed by atoms with Crippen LogP contribution in [0.25, 0.3) is 0 Å². The van der Waals surface area contributed by atoms with Gasteiger partial charge >= 0.3 is 0 Å². The summed E-state index contributed by atoms with van der Waals surface area (Å²) >= 11 is 3.33.